The van der Waals surface area contributed by atoms with E-state index in [0.29, 0.717) is 12.5 Å². The van der Waals surface area contributed by atoms with Gasteiger partial charge in [0.2, 0.25) is 5.91 Å². The predicted octanol–water partition coefficient (Wildman–Crippen LogP) is 3.42. The topological polar surface area (TPSA) is 46.3 Å². The standard InChI is InChI=1S/C18H20N2O2/c21-18(14-8-4-5-9-14)20-11-10-16-15(12-20)17(19-22-16)13-6-2-1-3-7-13/h1-3,6-7,14H,4-5,8-12H2. The van der Waals surface area contributed by atoms with Gasteiger partial charge in [0.1, 0.15) is 11.5 Å². The third-order valence-electron chi connectivity index (χ3n) is 4.89. The molecule has 0 bridgehead atoms. The Hall–Kier alpha value is -2.10. The van der Waals surface area contributed by atoms with Gasteiger partial charge in [-0.05, 0) is 12.8 Å². The molecule has 4 rings (SSSR count). The van der Waals surface area contributed by atoms with E-state index in [1.807, 2.05) is 35.2 Å². The van der Waals surface area contributed by atoms with Gasteiger partial charge in [-0.2, -0.15) is 0 Å². The fourth-order valence-electron chi connectivity index (χ4n) is 3.65. The van der Waals surface area contributed by atoms with Gasteiger partial charge in [-0.1, -0.05) is 48.3 Å². The number of fused-ring (bicyclic) bond motifs is 1. The van der Waals surface area contributed by atoms with E-state index in [2.05, 4.69) is 5.16 Å². The highest BCUT2D eigenvalue weighted by Gasteiger charge is 2.32. The summed E-state index contributed by atoms with van der Waals surface area (Å²) in [5.74, 6) is 1.50. The Labute approximate surface area is 130 Å². The van der Waals surface area contributed by atoms with Crippen LogP contribution in [0.1, 0.15) is 37.0 Å². The Morgan fingerprint density at radius 3 is 2.73 bits per heavy atom. The van der Waals surface area contributed by atoms with Gasteiger partial charge in [0.15, 0.2) is 0 Å². The van der Waals surface area contributed by atoms with Crippen LogP contribution in [0.4, 0.5) is 0 Å². The lowest BCUT2D eigenvalue weighted by Crippen LogP contribution is -2.38. The summed E-state index contributed by atoms with van der Waals surface area (Å²) >= 11 is 0. The summed E-state index contributed by atoms with van der Waals surface area (Å²) in [4.78, 5) is 14.7. The average molecular weight is 296 g/mol. The van der Waals surface area contributed by atoms with Crippen LogP contribution < -0.4 is 0 Å². The van der Waals surface area contributed by atoms with Gasteiger partial charge in [0.25, 0.3) is 0 Å². The average Bonchev–Trinajstić information content (AvgIpc) is 3.24. The Bertz CT molecular complexity index is 672. The Kier molecular flexibility index (Phi) is 3.45. The normalized spacial score (nSPS) is 18.5. The molecule has 1 fully saturated rings. The summed E-state index contributed by atoms with van der Waals surface area (Å²) in [6, 6.07) is 10.1. The van der Waals surface area contributed by atoms with Crippen LogP contribution in [0, 0.1) is 5.92 Å². The lowest BCUT2D eigenvalue weighted by atomic mass is 9.99. The summed E-state index contributed by atoms with van der Waals surface area (Å²) in [6.45, 7) is 1.39. The molecule has 1 aromatic heterocycles. The van der Waals surface area contributed by atoms with Crippen molar-refractivity contribution in [2.24, 2.45) is 5.92 Å². The Balaban J connectivity index is 1.60. The molecule has 4 nitrogen and oxygen atoms in total. The van der Waals surface area contributed by atoms with Gasteiger partial charge in [0, 0.05) is 30.0 Å². The van der Waals surface area contributed by atoms with Gasteiger partial charge >= 0.3 is 0 Å². The molecule has 1 amide bonds. The number of benzene rings is 1. The molecule has 2 heterocycles. The number of hydrogen-bond donors (Lipinski definition) is 0. The van der Waals surface area contributed by atoms with Crippen LogP contribution in [0.15, 0.2) is 34.9 Å². The van der Waals surface area contributed by atoms with E-state index in [0.717, 1.165) is 48.4 Å². The zero-order valence-electron chi connectivity index (χ0n) is 12.6. The molecule has 4 heteroatoms. The summed E-state index contributed by atoms with van der Waals surface area (Å²) in [7, 11) is 0. The van der Waals surface area contributed by atoms with E-state index in [9.17, 15) is 4.79 Å². The quantitative estimate of drug-likeness (QED) is 0.853. The third-order valence-corrected chi connectivity index (χ3v) is 4.89. The van der Waals surface area contributed by atoms with Crippen molar-refractivity contribution in [2.45, 2.75) is 38.6 Å². The van der Waals surface area contributed by atoms with Crippen LogP contribution in [0.3, 0.4) is 0 Å². The van der Waals surface area contributed by atoms with Gasteiger partial charge in [-0.3, -0.25) is 4.79 Å². The van der Waals surface area contributed by atoms with Crippen molar-refractivity contribution in [3.05, 3.63) is 41.7 Å². The van der Waals surface area contributed by atoms with Crippen LogP contribution in [-0.4, -0.2) is 22.5 Å². The number of aromatic nitrogens is 1. The lowest BCUT2D eigenvalue weighted by Gasteiger charge is -2.28. The fraction of sp³-hybridized carbons (Fsp3) is 0.444. The van der Waals surface area contributed by atoms with Crippen LogP contribution in [-0.2, 0) is 17.8 Å². The maximum atomic E-state index is 12.7. The minimum atomic E-state index is 0.238. The Morgan fingerprint density at radius 1 is 1.18 bits per heavy atom. The third kappa shape index (κ3) is 2.32. The fourth-order valence-corrected chi connectivity index (χ4v) is 3.65. The molecule has 1 aromatic carbocycles. The highest BCUT2D eigenvalue weighted by atomic mass is 16.5. The van der Waals surface area contributed by atoms with Gasteiger partial charge in [-0.25, -0.2) is 0 Å². The van der Waals surface area contributed by atoms with Crippen molar-refractivity contribution in [3.8, 4) is 11.3 Å². The molecular formula is C18H20N2O2. The number of carbonyl (C=O) groups is 1. The molecule has 114 valence electrons. The van der Waals surface area contributed by atoms with Crippen molar-refractivity contribution in [3.63, 3.8) is 0 Å². The maximum Gasteiger partial charge on any atom is 0.225 e. The minimum Gasteiger partial charge on any atom is -0.360 e. The van der Waals surface area contributed by atoms with Crippen LogP contribution in [0.2, 0.25) is 0 Å². The molecule has 2 aromatic rings. The van der Waals surface area contributed by atoms with Crippen molar-refractivity contribution < 1.29 is 9.32 Å². The van der Waals surface area contributed by atoms with Crippen molar-refractivity contribution >= 4 is 5.91 Å². The molecule has 0 unspecified atom stereocenters. The van der Waals surface area contributed by atoms with E-state index in [1.54, 1.807) is 0 Å². The molecule has 0 atom stereocenters. The molecule has 0 spiro atoms. The van der Waals surface area contributed by atoms with Gasteiger partial charge in [0.05, 0.1) is 6.54 Å². The number of nitrogens with zero attached hydrogens (tertiary/aromatic N) is 2. The molecule has 1 saturated carbocycles. The van der Waals surface area contributed by atoms with Crippen molar-refractivity contribution in [1.29, 1.82) is 0 Å². The smallest absolute Gasteiger partial charge is 0.225 e. The highest BCUT2D eigenvalue weighted by molar-refractivity contribution is 5.79. The molecule has 0 saturated heterocycles. The first-order valence-corrected chi connectivity index (χ1v) is 8.14. The molecule has 1 aliphatic carbocycles. The SMILES string of the molecule is O=C(C1CCCC1)N1CCc2onc(-c3ccccc3)c2C1. The van der Waals surface area contributed by atoms with Crippen molar-refractivity contribution in [2.75, 3.05) is 6.54 Å². The molecule has 1 aliphatic heterocycles. The summed E-state index contributed by atoms with van der Waals surface area (Å²) < 4.78 is 5.51. The maximum absolute atomic E-state index is 12.7. The monoisotopic (exact) mass is 296 g/mol. The molecule has 22 heavy (non-hydrogen) atoms. The van der Waals surface area contributed by atoms with Crippen LogP contribution in [0.5, 0.6) is 0 Å². The zero-order valence-corrected chi connectivity index (χ0v) is 12.6. The number of amides is 1. The molecule has 0 radical (unpaired) electrons. The van der Waals surface area contributed by atoms with E-state index < -0.39 is 0 Å². The number of rotatable bonds is 2. The van der Waals surface area contributed by atoms with E-state index in [1.165, 1.54) is 12.8 Å². The van der Waals surface area contributed by atoms with Crippen LogP contribution >= 0.6 is 0 Å². The van der Waals surface area contributed by atoms with Crippen LogP contribution in [0.25, 0.3) is 11.3 Å². The molecular weight excluding hydrogens is 276 g/mol. The number of carbonyl (C=O) groups excluding carboxylic acids is 1. The molecule has 2 aliphatic rings. The van der Waals surface area contributed by atoms with E-state index >= 15 is 0 Å². The largest absolute Gasteiger partial charge is 0.360 e. The number of hydrogen-bond acceptors (Lipinski definition) is 3. The minimum absolute atomic E-state index is 0.238. The second kappa shape index (κ2) is 5.59. The van der Waals surface area contributed by atoms with E-state index in [-0.39, 0.29) is 5.92 Å². The molecule has 0 N–H and O–H groups in total. The van der Waals surface area contributed by atoms with E-state index in [4.69, 9.17) is 4.52 Å². The summed E-state index contributed by atoms with van der Waals surface area (Å²) in [5.41, 5.74) is 3.03. The first kappa shape index (κ1) is 13.6. The summed E-state index contributed by atoms with van der Waals surface area (Å²) in [6.07, 6.45) is 5.26. The van der Waals surface area contributed by atoms with Gasteiger partial charge < -0.3 is 9.42 Å². The van der Waals surface area contributed by atoms with Gasteiger partial charge in [-0.15, -0.1) is 0 Å². The Morgan fingerprint density at radius 2 is 1.95 bits per heavy atom. The zero-order chi connectivity index (χ0) is 14.9. The lowest BCUT2D eigenvalue weighted by molar-refractivity contribution is -0.136. The summed E-state index contributed by atoms with van der Waals surface area (Å²) in [5, 5.41) is 4.25. The first-order valence-electron chi connectivity index (χ1n) is 8.14. The second-order valence-electron chi connectivity index (χ2n) is 6.29. The first-order chi connectivity index (χ1) is 10.8. The highest BCUT2D eigenvalue weighted by Crippen LogP contribution is 2.32. The predicted molar refractivity (Wildman–Crippen MR) is 83.0 cm³/mol. The van der Waals surface area contributed by atoms with Crippen molar-refractivity contribution in [1.82, 2.24) is 10.1 Å². The second-order valence-corrected chi connectivity index (χ2v) is 6.29.